The Bertz CT molecular complexity index is 661. The van der Waals surface area contributed by atoms with Gasteiger partial charge in [-0.3, -0.25) is 4.55 Å². The van der Waals surface area contributed by atoms with Crippen molar-refractivity contribution < 1.29 is 52.3 Å². The van der Waals surface area contributed by atoms with E-state index in [4.69, 9.17) is 9.47 Å². The molecule has 0 amide bonds. The number of carbonyl (C=O) groups excluding carboxylic acids is 2. The zero-order valence-electron chi connectivity index (χ0n) is 14.4. The van der Waals surface area contributed by atoms with E-state index in [1.807, 2.05) is 6.92 Å². The Hall–Kier alpha value is -1.33. The molecule has 1 aromatic carbocycles. The van der Waals surface area contributed by atoms with E-state index >= 15 is 0 Å². The average Bonchev–Trinajstić information content (AvgIpc) is 2.48. The third kappa shape index (κ3) is 6.35. The number of hydrogen-bond acceptors (Lipinski definition) is 6. The van der Waals surface area contributed by atoms with Crippen LogP contribution in [0.3, 0.4) is 0 Å². The van der Waals surface area contributed by atoms with E-state index in [9.17, 15) is 22.6 Å². The molecule has 0 aromatic heterocycles. The summed E-state index contributed by atoms with van der Waals surface area (Å²) in [5.41, 5.74) is -0.406. The Labute approximate surface area is 148 Å². The Morgan fingerprint density at radius 1 is 1.09 bits per heavy atom. The van der Waals surface area contributed by atoms with E-state index in [-0.39, 0.29) is 44.6 Å². The largest absolute Gasteiger partial charge is 1.00 e. The van der Waals surface area contributed by atoms with Crippen molar-refractivity contribution >= 4 is 22.1 Å². The van der Waals surface area contributed by atoms with Crippen molar-refractivity contribution in [3.8, 4) is 0 Å². The Balaban J connectivity index is 0. The molecular weight excluding hydrogens is 319 g/mol. The molecule has 0 atom stereocenters. The van der Waals surface area contributed by atoms with Crippen LogP contribution in [-0.2, 0) is 19.6 Å². The summed E-state index contributed by atoms with van der Waals surface area (Å²) < 4.78 is 41.8. The maximum Gasteiger partial charge on any atom is 1.00 e. The van der Waals surface area contributed by atoms with E-state index in [2.05, 4.69) is 0 Å². The SMILES string of the molecule is CCCOC(=O)c1ccc(C(=O)OCCC)c(S(=O)(=O)O)c1.[H-].[Li+]. The van der Waals surface area contributed by atoms with Crippen LogP contribution in [0.2, 0.25) is 0 Å². The van der Waals surface area contributed by atoms with Crippen LogP contribution in [0, 0.1) is 0 Å². The number of ether oxygens (including phenoxy) is 2. The molecule has 0 fully saturated rings. The zero-order valence-corrected chi connectivity index (χ0v) is 14.2. The fourth-order valence-electron chi connectivity index (χ4n) is 1.58. The monoisotopic (exact) mass is 338 g/mol. The van der Waals surface area contributed by atoms with Gasteiger partial charge in [-0.05, 0) is 31.0 Å². The molecule has 23 heavy (non-hydrogen) atoms. The molecule has 9 heteroatoms. The van der Waals surface area contributed by atoms with Gasteiger partial charge in [-0.25, -0.2) is 9.59 Å². The number of carbonyl (C=O) groups is 2. The van der Waals surface area contributed by atoms with Crippen molar-refractivity contribution in [2.75, 3.05) is 13.2 Å². The van der Waals surface area contributed by atoms with Gasteiger partial charge in [-0.15, -0.1) is 0 Å². The van der Waals surface area contributed by atoms with Gasteiger partial charge in [-0.2, -0.15) is 8.42 Å². The Kier molecular flexibility index (Phi) is 9.16. The molecule has 0 bridgehead atoms. The van der Waals surface area contributed by atoms with Crippen LogP contribution in [0.25, 0.3) is 0 Å². The van der Waals surface area contributed by atoms with E-state index in [1.165, 1.54) is 6.07 Å². The molecule has 0 saturated carbocycles. The second-order valence-electron chi connectivity index (χ2n) is 4.46. The van der Waals surface area contributed by atoms with Crippen LogP contribution >= 0.6 is 0 Å². The Morgan fingerprint density at radius 3 is 2.09 bits per heavy atom. The second-order valence-corrected chi connectivity index (χ2v) is 5.85. The second kappa shape index (κ2) is 9.73. The van der Waals surface area contributed by atoms with E-state index < -0.39 is 27.0 Å². The number of esters is 2. The maximum atomic E-state index is 11.8. The van der Waals surface area contributed by atoms with Gasteiger partial charge in [0, 0.05) is 0 Å². The van der Waals surface area contributed by atoms with Crippen LogP contribution in [0.5, 0.6) is 0 Å². The van der Waals surface area contributed by atoms with Gasteiger partial charge in [0.25, 0.3) is 10.1 Å². The normalized spacial score (nSPS) is 10.6. The quantitative estimate of drug-likeness (QED) is 0.393. The minimum absolute atomic E-state index is 0. The first-order valence-corrected chi connectivity index (χ1v) is 8.21. The summed E-state index contributed by atoms with van der Waals surface area (Å²) in [6.07, 6.45) is 1.17. The number of benzene rings is 1. The van der Waals surface area contributed by atoms with Gasteiger partial charge < -0.3 is 10.9 Å². The molecule has 1 N–H and O–H groups in total. The van der Waals surface area contributed by atoms with Crippen molar-refractivity contribution in [2.45, 2.75) is 31.6 Å². The summed E-state index contributed by atoms with van der Waals surface area (Å²) in [7, 11) is -4.69. The minimum atomic E-state index is -4.69. The third-order valence-corrected chi connectivity index (χ3v) is 3.48. The van der Waals surface area contributed by atoms with Crippen molar-refractivity contribution in [1.29, 1.82) is 0 Å². The molecule has 124 valence electrons. The summed E-state index contributed by atoms with van der Waals surface area (Å²) in [4.78, 5) is 22.9. The van der Waals surface area contributed by atoms with Crippen LogP contribution < -0.4 is 18.9 Å². The first-order chi connectivity index (χ1) is 10.3. The van der Waals surface area contributed by atoms with Crippen LogP contribution in [0.15, 0.2) is 23.1 Å². The van der Waals surface area contributed by atoms with Gasteiger partial charge in [0.05, 0.1) is 24.3 Å². The van der Waals surface area contributed by atoms with Crippen LogP contribution in [0.1, 0.15) is 48.8 Å². The first kappa shape index (κ1) is 21.7. The topological polar surface area (TPSA) is 107 Å². The van der Waals surface area contributed by atoms with Crippen molar-refractivity contribution in [3.05, 3.63) is 29.3 Å². The van der Waals surface area contributed by atoms with Gasteiger partial charge in [0.15, 0.2) is 0 Å². The molecular formula is C14H19LiO7S. The fourth-order valence-corrected chi connectivity index (χ4v) is 2.29. The molecule has 0 radical (unpaired) electrons. The van der Waals surface area contributed by atoms with Crippen molar-refractivity contribution in [3.63, 3.8) is 0 Å². The predicted molar refractivity (Wildman–Crippen MR) is 78.5 cm³/mol. The van der Waals surface area contributed by atoms with Gasteiger partial charge in [0.1, 0.15) is 4.90 Å². The summed E-state index contributed by atoms with van der Waals surface area (Å²) in [5, 5.41) is 0. The molecule has 0 heterocycles. The standard InChI is InChI=1S/C14H18O7S.Li.H/c1-3-7-20-13(15)10-5-6-11(14(16)21-8-4-2)12(9-10)22(17,18)19;;/h5-6,9H,3-4,7-8H2,1-2H3,(H,17,18,19);;/q;+1;-1. The summed E-state index contributed by atoms with van der Waals surface area (Å²) in [6.45, 7) is 3.89. The predicted octanol–water partition coefficient (Wildman–Crippen LogP) is -0.817. The molecule has 1 rings (SSSR count). The molecule has 0 unspecified atom stereocenters. The van der Waals surface area contributed by atoms with E-state index in [1.54, 1.807) is 6.92 Å². The fraction of sp³-hybridized carbons (Fsp3) is 0.429. The van der Waals surface area contributed by atoms with Crippen molar-refractivity contribution in [1.82, 2.24) is 0 Å². The molecule has 0 saturated heterocycles. The molecule has 0 spiro atoms. The molecule has 0 aliphatic rings. The van der Waals surface area contributed by atoms with Gasteiger partial charge in [-0.1, -0.05) is 13.8 Å². The van der Waals surface area contributed by atoms with Crippen LogP contribution in [0.4, 0.5) is 0 Å². The molecule has 1 aromatic rings. The van der Waals surface area contributed by atoms with Gasteiger partial charge >= 0.3 is 30.8 Å². The third-order valence-electron chi connectivity index (χ3n) is 2.59. The smallest absolute Gasteiger partial charge is 1.00 e. The summed E-state index contributed by atoms with van der Waals surface area (Å²) in [6, 6.07) is 3.26. The molecule has 7 nitrogen and oxygen atoms in total. The summed E-state index contributed by atoms with van der Waals surface area (Å²) >= 11 is 0. The first-order valence-electron chi connectivity index (χ1n) is 6.77. The maximum absolute atomic E-state index is 11.8. The minimum Gasteiger partial charge on any atom is -1.00 e. The zero-order chi connectivity index (χ0) is 16.8. The molecule has 0 aliphatic carbocycles. The van der Waals surface area contributed by atoms with E-state index in [0.717, 1.165) is 12.1 Å². The van der Waals surface area contributed by atoms with E-state index in [0.29, 0.717) is 12.8 Å². The summed E-state index contributed by atoms with van der Waals surface area (Å²) in [5.74, 6) is -1.62. The van der Waals surface area contributed by atoms with Crippen molar-refractivity contribution in [2.24, 2.45) is 0 Å². The van der Waals surface area contributed by atoms with Gasteiger partial charge in [0.2, 0.25) is 0 Å². The van der Waals surface area contributed by atoms with Crippen LogP contribution in [-0.4, -0.2) is 38.1 Å². The average molecular weight is 338 g/mol. The molecule has 0 aliphatic heterocycles. The number of rotatable bonds is 7. The Morgan fingerprint density at radius 2 is 1.61 bits per heavy atom. The number of hydrogen-bond donors (Lipinski definition) is 1.